The Kier molecular flexibility index (Phi) is 3.12. The van der Waals surface area contributed by atoms with E-state index in [1.54, 1.807) is 13.8 Å². The number of alkyl halides is 2. The Balaban J connectivity index is 2.06. The number of nitrogens with one attached hydrogen (secondary N) is 1. The van der Waals surface area contributed by atoms with Gasteiger partial charge in [-0.1, -0.05) is 5.21 Å². The largest absolute Gasteiger partial charge is 0.396 e. The van der Waals surface area contributed by atoms with Crippen LogP contribution in [0, 0.1) is 0 Å². The van der Waals surface area contributed by atoms with Crippen molar-refractivity contribution in [2.75, 3.05) is 0 Å². The van der Waals surface area contributed by atoms with Gasteiger partial charge in [0, 0.05) is 13.0 Å². The molecule has 1 N–H and O–H groups in total. The lowest BCUT2D eigenvalue weighted by Gasteiger charge is -2.16. The molecular weight excluding hydrogens is 318 g/mol. The van der Waals surface area contributed by atoms with Gasteiger partial charge in [-0.05, 0) is 32.8 Å². The Hall–Kier alpha value is -1.55. The van der Waals surface area contributed by atoms with Crippen molar-refractivity contribution in [3.8, 4) is 0 Å². The minimum Gasteiger partial charge on any atom is -0.265 e. The molecule has 2 heterocycles. The van der Waals surface area contributed by atoms with Crippen molar-refractivity contribution in [1.82, 2.24) is 20.5 Å². The van der Waals surface area contributed by atoms with E-state index in [-0.39, 0.29) is 11.6 Å². The van der Waals surface area contributed by atoms with Crippen LogP contribution in [0.4, 0.5) is 8.78 Å². The molecule has 1 saturated carbocycles. The molecule has 0 amide bonds. The Morgan fingerprint density at radius 2 is 2.09 bits per heavy atom. The van der Waals surface area contributed by atoms with Crippen LogP contribution in [0.2, 0.25) is 0 Å². The normalized spacial score (nSPS) is 21.6. The molecule has 10 heteroatoms. The predicted molar refractivity (Wildman–Crippen MR) is 72.2 cm³/mol. The number of hydrogen-bond acceptors (Lipinski definition) is 6. The summed E-state index contributed by atoms with van der Waals surface area (Å²) in [6.07, 6.45) is 2.56. The molecule has 3 rings (SSSR count). The van der Waals surface area contributed by atoms with Gasteiger partial charge in [-0.2, -0.15) is 8.78 Å². The fraction of sp³-hybridized carbons (Fsp3) is 0.667. The van der Waals surface area contributed by atoms with Crippen molar-refractivity contribution in [3.63, 3.8) is 0 Å². The van der Waals surface area contributed by atoms with Gasteiger partial charge in [0.05, 0.1) is 5.69 Å². The van der Waals surface area contributed by atoms with E-state index in [1.165, 1.54) is 11.7 Å². The van der Waals surface area contributed by atoms with Crippen LogP contribution in [-0.4, -0.2) is 29.0 Å². The highest BCUT2D eigenvalue weighted by Crippen LogP contribution is 2.47. The van der Waals surface area contributed by atoms with Gasteiger partial charge in [-0.3, -0.25) is 15.0 Å². The first-order valence-electron chi connectivity index (χ1n) is 6.75. The fourth-order valence-electron chi connectivity index (χ4n) is 2.34. The molecule has 0 unspecified atom stereocenters. The number of halogens is 2. The van der Waals surface area contributed by atoms with E-state index < -0.39 is 31.4 Å². The van der Waals surface area contributed by atoms with Crippen LogP contribution in [0.5, 0.6) is 0 Å². The molecule has 0 bridgehead atoms. The first-order valence-corrected chi connectivity index (χ1v) is 8.24. The molecular formula is C12H16F2N4O3S. The van der Waals surface area contributed by atoms with E-state index in [2.05, 4.69) is 15.8 Å². The van der Waals surface area contributed by atoms with Crippen molar-refractivity contribution < 1.29 is 22.0 Å². The standard InChI is InChI=1S/C12H16F2N4O3S/c1-11(2)6-8(16-21-11)22(19,20)12(13,14)10-9(7-4-5-7)18(3)17-15-10/h6-7,16H,4-5H2,1-3H3. The summed E-state index contributed by atoms with van der Waals surface area (Å²) >= 11 is 0. The molecule has 1 aromatic rings. The molecule has 0 atom stereocenters. The Bertz CT molecular complexity index is 750. The topological polar surface area (TPSA) is 86.1 Å². The molecule has 1 aromatic heterocycles. The monoisotopic (exact) mass is 334 g/mol. The maximum absolute atomic E-state index is 14.7. The number of aromatic nitrogens is 3. The first kappa shape index (κ1) is 15.3. The van der Waals surface area contributed by atoms with Crippen LogP contribution in [0.25, 0.3) is 0 Å². The Morgan fingerprint density at radius 3 is 2.59 bits per heavy atom. The summed E-state index contributed by atoms with van der Waals surface area (Å²) in [6, 6.07) is 0. The number of nitrogens with zero attached hydrogens (tertiary/aromatic N) is 3. The molecule has 7 nitrogen and oxygen atoms in total. The smallest absolute Gasteiger partial charge is 0.265 e. The Morgan fingerprint density at radius 1 is 1.45 bits per heavy atom. The van der Waals surface area contributed by atoms with Crippen LogP contribution in [0.15, 0.2) is 11.1 Å². The van der Waals surface area contributed by atoms with Crippen LogP contribution in [0.3, 0.4) is 0 Å². The van der Waals surface area contributed by atoms with Crippen molar-refractivity contribution in [3.05, 3.63) is 22.5 Å². The number of aryl methyl sites for hydroxylation is 1. The summed E-state index contributed by atoms with van der Waals surface area (Å²) in [5.74, 6) is -0.116. The van der Waals surface area contributed by atoms with Gasteiger partial charge >= 0.3 is 5.25 Å². The average molecular weight is 334 g/mol. The zero-order valence-electron chi connectivity index (χ0n) is 12.3. The van der Waals surface area contributed by atoms with Crippen LogP contribution in [-0.2, 0) is 27.0 Å². The van der Waals surface area contributed by atoms with E-state index in [0.29, 0.717) is 0 Å². The van der Waals surface area contributed by atoms with Crippen molar-refractivity contribution in [2.24, 2.45) is 7.05 Å². The van der Waals surface area contributed by atoms with Gasteiger partial charge in [0.2, 0.25) is 0 Å². The lowest BCUT2D eigenvalue weighted by Crippen LogP contribution is -2.32. The summed E-state index contributed by atoms with van der Waals surface area (Å²) < 4.78 is 55.2. The zero-order valence-corrected chi connectivity index (χ0v) is 13.1. The summed E-state index contributed by atoms with van der Waals surface area (Å²) in [4.78, 5) is 4.97. The van der Waals surface area contributed by atoms with Gasteiger partial charge in [0.25, 0.3) is 9.84 Å². The lowest BCUT2D eigenvalue weighted by molar-refractivity contribution is -0.0136. The second-order valence-corrected chi connectivity index (χ2v) is 8.02. The molecule has 0 radical (unpaired) electrons. The van der Waals surface area contributed by atoms with Gasteiger partial charge in [0.15, 0.2) is 10.7 Å². The summed E-state index contributed by atoms with van der Waals surface area (Å²) in [5, 5.41) is 2.14. The Labute approximate surface area is 126 Å². The molecule has 0 spiro atoms. The summed E-state index contributed by atoms with van der Waals surface area (Å²) in [6.45, 7) is 3.11. The minimum atomic E-state index is -5.00. The highest BCUT2D eigenvalue weighted by Gasteiger charge is 2.56. The van der Waals surface area contributed by atoms with E-state index in [9.17, 15) is 17.2 Å². The van der Waals surface area contributed by atoms with E-state index in [4.69, 9.17) is 4.84 Å². The lowest BCUT2D eigenvalue weighted by atomic mass is 10.1. The first-order chi connectivity index (χ1) is 10.1. The quantitative estimate of drug-likeness (QED) is 0.893. The number of hydrogen-bond donors (Lipinski definition) is 1. The van der Waals surface area contributed by atoms with Crippen LogP contribution < -0.4 is 5.48 Å². The van der Waals surface area contributed by atoms with E-state index in [1.807, 2.05) is 0 Å². The molecule has 1 aliphatic carbocycles. The highest BCUT2D eigenvalue weighted by atomic mass is 32.2. The third-order valence-electron chi connectivity index (χ3n) is 3.63. The molecule has 2 aliphatic rings. The predicted octanol–water partition coefficient (Wildman–Crippen LogP) is 1.31. The summed E-state index contributed by atoms with van der Waals surface area (Å²) in [5.41, 5.74) is 0.459. The molecule has 0 aromatic carbocycles. The van der Waals surface area contributed by atoms with Crippen molar-refractivity contribution in [2.45, 2.75) is 43.5 Å². The SMILES string of the molecule is Cn1nnc(C(F)(F)S(=O)(=O)C2=CC(C)(C)ON2)c1C1CC1. The minimum absolute atomic E-state index is 0.116. The second-order valence-electron chi connectivity index (χ2n) is 6.06. The third-order valence-corrected chi connectivity index (χ3v) is 5.28. The molecule has 0 saturated heterocycles. The van der Waals surface area contributed by atoms with Gasteiger partial charge in [0.1, 0.15) is 5.60 Å². The van der Waals surface area contributed by atoms with Gasteiger partial charge < -0.3 is 0 Å². The summed E-state index contributed by atoms with van der Waals surface area (Å²) in [7, 11) is -3.52. The van der Waals surface area contributed by atoms with Crippen LogP contribution >= 0.6 is 0 Å². The van der Waals surface area contributed by atoms with Gasteiger partial charge in [-0.15, -0.1) is 5.10 Å². The van der Waals surface area contributed by atoms with E-state index in [0.717, 1.165) is 18.9 Å². The average Bonchev–Trinajstić information content (AvgIpc) is 3.06. The molecule has 1 aliphatic heterocycles. The molecule has 1 fully saturated rings. The third kappa shape index (κ3) is 2.21. The second kappa shape index (κ2) is 4.48. The fourth-order valence-corrected chi connectivity index (χ4v) is 3.61. The number of hydroxylamine groups is 1. The van der Waals surface area contributed by atoms with Gasteiger partial charge in [-0.25, -0.2) is 8.42 Å². The number of rotatable bonds is 4. The van der Waals surface area contributed by atoms with E-state index >= 15 is 0 Å². The maximum atomic E-state index is 14.7. The van der Waals surface area contributed by atoms with Crippen molar-refractivity contribution in [1.29, 1.82) is 0 Å². The van der Waals surface area contributed by atoms with Crippen LogP contribution in [0.1, 0.15) is 44.0 Å². The zero-order chi connectivity index (χ0) is 16.3. The molecule has 22 heavy (non-hydrogen) atoms. The molecule has 122 valence electrons. The number of sulfone groups is 1. The maximum Gasteiger partial charge on any atom is 0.396 e. The highest BCUT2D eigenvalue weighted by molar-refractivity contribution is 7.95. The van der Waals surface area contributed by atoms with Crippen molar-refractivity contribution >= 4 is 9.84 Å².